The molecule has 8 heteroatoms. The lowest BCUT2D eigenvalue weighted by molar-refractivity contribution is -0.134. The number of anilines is 1. The number of thioether (sulfide) groups is 1. The summed E-state index contributed by atoms with van der Waals surface area (Å²) in [5, 5.41) is 5.07. The van der Waals surface area contributed by atoms with E-state index in [1.807, 2.05) is 60.7 Å². The Hall–Kier alpha value is -3.52. The standard InChI is InChI=1S/C27H27N3O4S/c1-17-12-13-29(22-6-4-5-7-23(22)35-17)24(31)16-30-25(32)27(2,28-26(30)33)20-10-8-19-15-21(34-3)11-9-18(19)14-20/h4-11,14-15,17H,12-13,16H2,1-3H3,(H,28,33)/t17-,27+/m1/s1. The minimum Gasteiger partial charge on any atom is -0.497 e. The van der Waals surface area contributed by atoms with Crippen molar-refractivity contribution in [3.05, 3.63) is 66.2 Å². The monoisotopic (exact) mass is 489 g/mol. The molecule has 3 aromatic carbocycles. The van der Waals surface area contributed by atoms with Crippen molar-refractivity contribution in [2.45, 2.75) is 36.0 Å². The number of benzene rings is 3. The van der Waals surface area contributed by atoms with Crippen molar-refractivity contribution in [2.75, 3.05) is 25.1 Å². The fourth-order valence-electron chi connectivity index (χ4n) is 4.66. The number of ether oxygens (including phenoxy) is 1. The van der Waals surface area contributed by atoms with Crippen molar-refractivity contribution in [1.29, 1.82) is 0 Å². The van der Waals surface area contributed by atoms with Crippen LogP contribution in [0.1, 0.15) is 25.8 Å². The number of para-hydroxylation sites is 1. The summed E-state index contributed by atoms with van der Waals surface area (Å²) in [4.78, 5) is 43.6. The average molecular weight is 490 g/mol. The number of rotatable bonds is 4. The van der Waals surface area contributed by atoms with E-state index in [2.05, 4.69) is 12.2 Å². The van der Waals surface area contributed by atoms with E-state index >= 15 is 0 Å². The van der Waals surface area contributed by atoms with Crippen LogP contribution in [0.15, 0.2) is 65.6 Å². The highest BCUT2D eigenvalue weighted by molar-refractivity contribution is 8.00. The molecule has 1 fully saturated rings. The van der Waals surface area contributed by atoms with Crippen LogP contribution in [0.3, 0.4) is 0 Å². The summed E-state index contributed by atoms with van der Waals surface area (Å²) in [7, 11) is 1.61. The molecule has 7 nitrogen and oxygen atoms in total. The van der Waals surface area contributed by atoms with Gasteiger partial charge in [0.15, 0.2) is 0 Å². The molecular formula is C27H27N3O4S. The largest absolute Gasteiger partial charge is 0.497 e. The van der Waals surface area contributed by atoms with E-state index < -0.39 is 17.5 Å². The molecule has 1 saturated heterocycles. The van der Waals surface area contributed by atoms with Crippen molar-refractivity contribution in [3.63, 3.8) is 0 Å². The third-order valence-corrected chi connectivity index (χ3v) is 7.97. The van der Waals surface area contributed by atoms with E-state index in [0.29, 0.717) is 17.4 Å². The van der Waals surface area contributed by atoms with Gasteiger partial charge in [0.2, 0.25) is 5.91 Å². The smallest absolute Gasteiger partial charge is 0.325 e. The Morgan fingerprint density at radius 2 is 1.86 bits per heavy atom. The fourth-order valence-corrected chi connectivity index (χ4v) is 5.78. The first-order chi connectivity index (χ1) is 16.8. The summed E-state index contributed by atoms with van der Waals surface area (Å²) in [5.41, 5.74) is 0.229. The van der Waals surface area contributed by atoms with Gasteiger partial charge in [-0.15, -0.1) is 11.8 Å². The minimum absolute atomic E-state index is 0.273. The molecule has 1 N–H and O–H groups in total. The number of imide groups is 1. The molecule has 0 aliphatic carbocycles. The molecule has 3 aromatic rings. The second-order valence-corrected chi connectivity index (χ2v) is 10.6. The molecule has 0 aromatic heterocycles. The number of carbonyl (C=O) groups is 3. The Morgan fingerprint density at radius 1 is 1.11 bits per heavy atom. The quantitative estimate of drug-likeness (QED) is 0.545. The SMILES string of the molecule is COc1ccc2cc([C@]3(C)NC(=O)N(CC(=O)N4CC[C@@H](C)Sc5ccccc54)C3=O)ccc2c1. The molecule has 5 rings (SSSR count). The zero-order valence-corrected chi connectivity index (χ0v) is 20.7. The third-order valence-electron chi connectivity index (χ3n) is 6.74. The van der Waals surface area contributed by atoms with E-state index in [1.54, 1.807) is 30.7 Å². The number of fused-ring (bicyclic) bond motifs is 2. The minimum atomic E-state index is -1.26. The summed E-state index contributed by atoms with van der Waals surface area (Å²) in [5.74, 6) is 0.0364. The second kappa shape index (κ2) is 8.92. The summed E-state index contributed by atoms with van der Waals surface area (Å²) < 4.78 is 5.28. The maximum atomic E-state index is 13.5. The van der Waals surface area contributed by atoms with Gasteiger partial charge in [-0.3, -0.25) is 14.5 Å². The number of nitrogens with one attached hydrogen (secondary N) is 1. The van der Waals surface area contributed by atoms with Crippen LogP contribution in [0.25, 0.3) is 10.8 Å². The van der Waals surface area contributed by atoms with Crippen LogP contribution in [0, 0.1) is 0 Å². The number of urea groups is 1. The lowest BCUT2D eigenvalue weighted by Crippen LogP contribution is -2.45. The van der Waals surface area contributed by atoms with Gasteiger partial charge in [0.05, 0.1) is 12.8 Å². The van der Waals surface area contributed by atoms with Gasteiger partial charge < -0.3 is 15.0 Å². The molecular weight excluding hydrogens is 462 g/mol. The van der Waals surface area contributed by atoms with E-state index in [-0.39, 0.29) is 12.5 Å². The Balaban J connectivity index is 1.40. The van der Waals surface area contributed by atoms with Gasteiger partial charge in [-0.2, -0.15) is 0 Å². The van der Waals surface area contributed by atoms with Crippen LogP contribution in [0.4, 0.5) is 10.5 Å². The highest BCUT2D eigenvalue weighted by atomic mass is 32.2. The van der Waals surface area contributed by atoms with E-state index in [4.69, 9.17) is 4.74 Å². The Labute approximate surface area is 208 Å². The van der Waals surface area contributed by atoms with E-state index in [9.17, 15) is 14.4 Å². The molecule has 2 heterocycles. The molecule has 2 aliphatic rings. The van der Waals surface area contributed by atoms with Crippen molar-refractivity contribution in [3.8, 4) is 5.75 Å². The summed E-state index contributed by atoms with van der Waals surface area (Å²) >= 11 is 1.74. The van der Waals surface area contributed by atoms with Gasteiger partial charge in [-0.1, -0.05) is 37.3 Å². The van der Waals surface area contributed by atoms with Crippen LogP contribution in [0.2, 0.25) is 0 Å². The van der Waals surface area contributed by atoms with Crippen LogP contribution in [-0.2, 0) is 15.1 Å². The number of carbonyl (C=O) groups excluding carboxylic acids is 3. The van der Waals surface area contributed by atoms with Crippen molar-refractivity contribution in [2.24, 2.45) is 0 Å². The predicted octanol–water partition coefficient (Wildman–Crippen LogP) is 4.53. The fraction of sp³-hybridized carbons (Fsp3) is 0.296. The number of methoxy groups -OCH3 is 1. The first kappa shape index (κ1) is 23.2. The third kappa shape index (κ3) is 4.12. The Kier molecular flexibility index (Phi) is 5.92. The molecule has 0 unspecified atom stereocenters. The van der Waals surface area contributed by atoms with Gasteiger partial charge in [-0.05, 0) is 60.0 Å². The zero-order valence-electron chi connectivity index (χ0n) is 19.9. The lowest BCUT2D eigenvalue weighted by Gasteiger charge is -2.25. The molecule has 0 radical (unpaired) electrons. The van der Waals surface area contributed by atoms with Gasteiger partial charge >= 0.3 is 6.03 Å². The van der Waals surface area contributed by atoms with Crippen molar-refractivity contribution in [1.82, 2.24) is 10.2 Å². The maximum Gasteiger partial charge on any atom is 0.325 e. The van der Waals surface area contributed by atoms with Gasteiger partial charge in [0.25, 0.3) is 5.91 Å². The lowest BCUT2D eigenvalue weighted by atomic mass is 9.90. The molecule has 0 spiro atoms. The molecule has 180 valence electrons. The van der Waals surface area contributed by atoms with E-state index in [0.717, 1.165) is 38.4 Å². The number of hydrogen-bond acceptors (Lipinski definition) is 5. The summed E-state index contributed by atoms with van der Waals surface area (Å²) in [6.45, 7) is 4.05. The van der Waals surface area contributed by atoms with Gasteiger partial charge in [0.1, 0.15) is 17.8 Å². The van der Waals surface area contributed by atoms with Gasteiger partial charge in [0, 0.05) is 16.7 Å². The molecule has 2 aliphatic heterocycles. The normalized spacial score (nSPS) is 22.1. The van der Waals surface area contributed by atoms with Crippen LogP contribution in [-0.4, -0.2) is 48.2 Å². The topological polar surface area (TPSA) is 79.0 Å². The molecule has 0 bridgehead atoms. The highest BCUT2D eigenvalue weighted by Crippen LogP contribution is 2.38. The van der Waals surface area contributed by atoms with Gasteiger partial charge in [-0.25, -0.2) is 4.79 Å². The summed E-state index contributed by atoms with van der Waals surface area (Å²) in [6, 6.07) is 18.5. The zero-order chi connectivity index (χ0) is 24.7. The molecule has 35 heavy (non-hydrogen) atoms. The average Bonchev–Trinajstić information content (AvgIpc) is 2.98. The van der Waals surface area contributed by atoms with Crippen LogP contribution in [0.5, 0.6) is 5.75 Å². The molecule has 0 saturated carbocycles. The second-order valence-electron chi connectivity index (χ2n) is 9.10. The number of nitrogens with zero attached hydrogens (tertiary/aromatic N) is 2. The number of hydrogen-bond donors (Lipinski definition) is 1. The Bertz CT molecular complexity index is 1340. The maximum absolute atomic E-state index is 13.5. The predicted molar refractivity (Wildman–Crippen MR) is 137 cm³/mol. The first-order valence-electron chi connectivity index (χ1n) is 11.6. The first-order valence-corrected chi connectivity index (χ1v) is 12.5. The Morgan fingerprint density at radius 3 is 2.66 bits per heavy atom. The van der Waals surface area contributed by atoms with Crippen LogP contribution < -0.4 is 15.0 Å². The van der Waals surface area contributed by atoms with Crippen molar-refractivity contribution < 1.29 is 19.1 Å². The number of amides is 4. The van der Waals surface area contributed by atoms with E-state index in [1.165, 1.54) is 0 Å². The summed E-state index contributed by atoms with van der Waals surface area (Å²) in [6.07, 6.45) is 0.824. The molecule has 2 atom stereocenters. The van der Waals surface area contributed by atoms with Crippen molar-refractivity contribution >= 4 is 46.1 Å². The highest BCUT2D eigenvalue weighted by Gasteiger charge is 2.50. The molecule has 4 amide bonds. The van der Waals surface area contributed by atoms with Crippen LogP contribution >= 0.6 is 11.8 Å².